The van der Waals surface area contributed by atoms with Gasteiger partial charge in [0.25, 0.3) is 0 Å². The molecule has 0 spiro atoms. The van der Waals surface area contributed by atoms with E-state index < -0.39 is 12.3 Å². The zero-order valence-corrected chi connectivity index (χ0v) is 31.2. The van der Waals surface area contributed by atoms with Gasteiger partial charge in [-0.1, -0.05) is 126 Å². The largest absolute Gasteiger partial charge is 0.508 e. The third kappa shape index (κ3) is 8.90. The maximum absolute atomic E-state index is 16.1. The van der Waals surface area contributed by atoms with Gasteiger partial charge in [0.05, 0.1) is 12.5 Å². The molecule has 2 fully saturated rings. The van der Waals surface area contributed by atoms with Crippen molar-refractivity contribution in [3.8, 4) is 16.9 Å². The molecule has 276 valence electrons. The Morgan fingerprint density at radius 2 is 1.51 bits per heavy atom. The van der Waals surface area contributed by atoms with Crippen molar-refractivity contribution in [1.29, 1.82) is 0 Å². The molecule has 5 heteroatoms. The number of amides is 1. The molecule has 0 heterocycles. The first kappa shape index (κ1) is 37.6. The number of halogens is 1. The fourth-order valence-corrected chi connectivity index (χ4v) is 10.3. The molecule has 3 aromatic rings. The first-order valence-electron chi connectivity index (χ1n) is 20.3. The van der Waals surface area contributed by atoms with Crippen molar-refractivity contribution in [1.82, 2.24) is 4.90 Å². The first-order chi connectivity index (χ1) is 24.8. The van der Waals surface area contributed by atoms with Crippen LogP contribution in [0.15, 0.2) is 72.8 Å². The maximum atomic E-state index is 16.1. The number of fused-ring (bicyclic) bond motifs is 5. The highest BCUT2D eigenvalue weighted by atomic mass is 19.1. The van der Waals surface area contributed by atoms with E-state index in [1.165, 1.54) is 43.2 Å². The number of carbonyl (C=O) groups is 1. The van der Waals surface area contributed by atoms with E-state index in [0.29, 0.717) is 24.7 Å². The number of phenols is 1. The average molecular weight is 696 g/mol. The van der Waals surface area contributed by atoms with Gasteiger partial charge in [-0.05, 0) is 108 Å². The van der Waals surface area contributed by atoms with Crippen molar-refractivity contribution in [3.63, 3.8) is 0 Å². The van der Waals surface area contributed by atoms with Crippen molar-refractivity contribution >= 4 is 5.91 Å². The highest BCUT2D eigenvalue weighted by molar-refractivity contribution is 5.79. The lowest BCUT2D eigenvalue weighted by Gasteiger charge is -2.54. The number of unbranched alkanes of at least 4 members (excludes halogenated alkanes) is 8. The Balaban J connectivity index is 1.03. The van der Waals surface area contributed by atoms with Gasteiger partial charge < -0.3 is 15.1 Å². The predicted octanol–water partition coefficient (Wildman–Crippen LogP) is 10.8. The van der Waals surface area contributed by atoms with Gasteiger partial charge in [-0.2, -0.15) is 0 Å². The normalized spacial score (nSPS) is 26.7. The van der Waals surface area contributed by atoms with Crippen LogP contribution in [0, 0.1) is 23.2 Å². The molecule has 4 nitrogen and oxygen atoms in total. The molecule has 7 atom stereocenters. The second kappa shape index (κ2) is 17.6. The lowest BCUT2D eigenvalue weighted by atomic mass is 9.51. The van der Waals surface area contributed by atoms with Crippen LogP contribution in [0.5, 0.6) is 5.75 Å². The summed E-state index contributed by atoms with van der Waals surface area (Å²) in [5, 5.41) is 21.3. The minimum atomic E-state index is -0.966. The molecular formula is C46H62FNO3. The Morgan fingerprint density at radius 1 is 0.843 bits per heavy atom. The van der Waals surface area contributed by atoms with Gasteiger partial charge in [0.1, 0.15) is 11.9 Å². The number of nitrogens with zero attached hydrogens (tertiary/aromatic N) is 1. The van der Waals surface area contributed by atoms with Crippen molar-refractivity contribution < 1.29 is 19.4 Å². The molecular weight excluding hydrogens is 634 g/mol. The zero-order chi connectivity index (χ0) is 35.8. The fourth-order valence-electron chi connectivity index (χ4n) is 10.3. The Kier molecular flexibility index (Phi) is 12.9. The smallest absolute Gasteiger partial charge is 0.226 e. The van der Waals surface area contributed by atoms with Crippen molar-refractivity contribution in [2.24, 2.45) is 23.2 Å². The first-order valence-corrected chi connectivity index (χ1v) is 20.3. The Morgan fingerprint density at radius 3 is 2.24 bits per heavy atom. The third-order valence-electron chi connectivity index (χ3n) is 13.1. The molecule has 2 N–H and O–H groups in total. The second-order valence-electron chi connectivity index (χ2n) is 16.5. The van der Waals surface area contributed by atoms with Gasteiger partial charge in [0.2, 0.25) is 5.91 Å². The Hall–Kier alpha value is -3.18. The molecule has 0 radical (unpaired) electrons. The van der Waals surface area contributed by atoms with E-state index in [1.54, 1.807) is 6.07 Å². The van der Waals surface area contributed by atoms with Crippen LogP contribution >= 0.6 is 0 Å². The predicted molar refractivity (Wildman–Crippen MR) is 207 cm³/mol. The van der Waals surface area contributed by atoms with Crippen molar-refractivity contribution in [2.75, 3.05) is 13.1 Å². The summed E-state index contributed by atoms with van der Waals surface area (Å²) in [7, 11) is 0. The molecule has 3 aliphatic rings. The van der Waals surface area contributed by atoms with Gasteiger partial charge in [0.15, 0.2) is 0 Å². The standard InChI is InChI=1S/C46H62FNO3/c1-3-4-5-6-8-14-27-48(43(51)29-33-19-21-35(22-20-33)34-16-12-10-13-17-34)28-15-9-7-11-18-36-30-37-31-38(49)23-24-39(37)45-41(47)32-46(2)40(44(36)45)25-26-42(46)50/h10,12-13,16-17,19-24,31,36,40-42,44-45,49-50H,3-9,11,14-15,18,25-30,32H2,1-2H3/t36-,40?,41+,42+,44?,45?,46+/m1/s1. The van der Waals surface area contributed by atoms with Gasteiger partial charge in [-0.3, -0.25) is 4.79 Å². The van der Waals surface area contributed by atoms with Crippen molar-refractivity contribution in [2.45, 2.75) is 135 Å². The molecule has 3 aromatic carbocycles. The lowest BCUT2D eigenvalue weighted by molar-refractivity contribution is -0.130. The molecule has 0 aromatic heterocycles. The topological polar surface area (TPSA) is 60.8 Å². The monoisotopic (exact) mass is 695 g/mol. The van der Waals surface area contributed by atoms with E-state index in [9.17, 15) is 15.0 Å². The van der Waals surface area contributed by atoms with E-state index in [4.69, 9.17) is 0 Å². The summed E-state index contributed by atoms with van der Waals surface area (Å²) >= 11 is 0. The van der Waals surface area contributed by atoms with Crippen LogP contribution in [0.2, 0.25) is 0 Å². The van der Waals surface area contributed by atoms with E-state index in [-0.39, 0.29) is 28.9 Å². The van der Waals surface area contributed by atoms with E-state index in [0.717, 1.165) is 87.6 Å². The Bertz CT molecular complexity index is 1540. The molecule has 0 bridgehead atoms. The molecule has 6 rings (SSSR count). The minimum absolute atomic E-state index is 0.140. The number of benzene rings is 3. The van der Waals surface area contributed by atoms with Crippen LogP contribution in [0.4, 0.5) is 4.39 Å². The number of hydrogen-bond donors (Lipinski definition) is 2. The number of rotatable bonds is 17. The van der Waals surface area contributed by atoms with E-state index in [2.05, 4.69) is 67.3 Å². The molecule has 0 saturated heterocycles. The lowest BCUT2D eigenvalue weighted by Crippen LogP contribution is -2.51. The van der Waals surface area contributed by atoms with Crippen molar-refractivity contribution in [3.05, 3.63) is 89.5 Å². The zero-order valence-electron chi connectivity index (χ0n) is 31.2. The third-order valence-corrected chi connectivity index (χ3v) is 13.1. The van der Waals surface area contributed by atoms with Crippen LogP contribution in [0.25, 0.3) is 11.1 Å². The summed E-state index contributed by atoms with van der Waals surface area (Å²) in [6.45, 7) is 6.02. The summed E-state index contributed by atoms with van der Waals surface area (Å²) in [6, 6.07) is 24.4. The SMILES string of the molecule is CCCCCCCCN(CCCCCC[C@@H]1Cc2cc(O)ccc2C2C1C1CC[C@H](O)[C@@]1(C)C[C@@H]2F)C(=O)Cc1ccc(-c2ccccc2)cc1. The summed E-state index contributed by atoms with van der Waals surface area (Å²) in [6.07, 6.45) is 14.7. The molecule has 0 aliphatic heterocycles. The fraction of sp³-hybridized carbons (Fsp3) is 0.587. The maximum Gasteiger partial charge on any atom is 0.226 e. The molecule has 2 saturated carbocycles. The quantitative estimate of drug-likeness (QED) is 0.138. The molecule has 1 amide bonds. The highest BCUT2D eigenvalue weighted by Gasteiger charge is 2.59. The highest BCUT2D eigenvalue weighted by Crippen LogP contribution is 2.63. The number of hydrogen-bond acceptors (Lipinski definition) is 3. The summed E-state index contributed by atoms with van der Waals surface area (Å²) in [5.74, 6) is 1.29. The number of carbonyl (C=O) groups excluding carboxylic acids is 1. The van der Waals surface area contributed by atoms with Gasteiger partial charge in [-0.25, -0.2) is 4.39 Å². The second-order valence-corrected chi connectivity index (χ2v) is 16.5. The van der Waals surface area contributed by atoms with E-state index >= 15 is 4.39 Å². The summed E-state index contributed by atoms with van der Waals surface area (Å²) in [4.78, 5) is 15.8. The van der Waals surface area contributed by atoms with Gasteiger partial charge in [-0.15, -0.1) is 0 Å². The summed E-state index contributed by atoms with van der Waals surface area (Å²) in [5.41, 5.74) is 5.29. The number of phenolic OH excluding ortho intramolecular Hbond substituents is 1. The van der Waals surface area contributed by atoms with Crippen LogP contribution in [-0.2, 0) is 17.6 Å². The summed E-state index contributed by atoms with van der Waals surface area (Å²) < 4.78 is 16.1. The molecule has 51 heavy (non-hydrogen) atoms. The van der Waals surface area contributed by atoms with Crippen LogP contribution < -0.4 is 0 Å². The van der Waals surface area contributed by atoms with Crippen LogP contribution in [-0.4, -0.2) is 46.4 Å². The van der Waals surface area contributed by atoms with Gasteiger partial charge >= 0.3 is 0 Å². The van der Waals surface area contributed by atoms with Crippen LogP contribution in [0.3, 0.4) is 0 Å². The van der Waals surface area contributed by atoms with E-state index in [1.807, 2.05) is 18.2 Å². The Labute approximate surface area is 306 Å². The minimum Gasteiger partial charge on any atom is -0.508 e. The number of alkyl halides is 1. The van der Waals surface area contributed by atoms with Gasteiger partial charge in [0, 0.05) is 19.0 Å². The molecule has 3 aliphatic carbocycles. The number of aromatic hydroxyl groups is 1. The number of aliphatic hydroxyl groups is 1. The molecule has 3 unspecified atom stereocenters. The van der Waals surface area contributed by atoms with Crippen LogP contribution in [0.1, 0.15) is 126 Å². The number of aliphatic hydroxyl groups excluding tert-OH is 1. The average Bonchev–Trinajstić information content (AvgIpc) is 3.43.